The fourth-order valence-corrected chi connectivity index (χ4v) is 2.21. The number of rotatable bonds is 9. The second kappa shape index (κ2) is 8.96. The molecule has 0 fully saturated rings. The summed E-state index contributed by atoms with van der Waals surface area (Å²) in [5.74, 6) is 1.05. The smallest absolute Gasteiger partial charge is 0.166 e. The molecule has 0 heterocycles. The molecular formula is C19H22FNO2. The first-order chi connectivity index (χ1) is 11.3. The van der Waals surface area contributed by atoms with Crippen LogP contribution in [0, 0.1) is 5.82 Å². The van der Waals surface area contributed by atoms with Gasteiger partial charge >= 0.3 is 0 Å². The Morgan fingerprint density at radius 3 is 2.61 bits per heavy atom. The summed E-state index contributed by atoms with van der Waals surface area (Å²) in [7, 11) is 0. The van der Waals surface area contributed by atoms with Crippen molar-refractivity contribution >= 4 is 0 Å². The molecule has 0 amide bonds. The Kier molecular flexibility index (Phi) is 6.63. The van der Waals surface area contributed by atoms with Crippen molar-refractivity contribution in [3.8, 4) is 11.5 Å². The van der Waals surface area contributed by atoms with Gasteiger partial charge in [-0.25, -0.2) is 4.39 Å². The van der Waals surface area contributed by atoms with Crippen LogP contribution in [0.1, 0.15) is 18.1 Å². The molecule has 0 saturated heterocycles. The van der Waals surface area contributed by atoms with Gasteiger partial charge in [0.25, 0.3) is 0 Å². The van der Waals surface area contributed by atoms with Crippen molar-refractivity contribution in [2.45, 2.75) is 20.1 Å². The van der Waals surface area contributed by atoms with Gasteiger partial charge in [0, 0.05) is 24.2 Å². The van der Waals surface area contributed by atoms with Crippen LogP contribution in [0.5, 0.6) is 11.5 Å². The van der Waals surface area contributed by atoms with E-state index in [0.29, 0.717) is 36.8 Å². The van der Waals surface area contributed by atoms with Crippen molar-refractivity contribution in [2.24, 2.45) is 0 Å². The van der Waals surface area contributed by atoms with Crippen molar-refractivity contribution in [2.75, 3.05) is 13.2 Å². The molecule has 4 heteroatoms. The fraction of sp³-hybridized carbons (Fsp3) is 0.263. The van der Waals surface area contributed by atoms with Crippen molar-refractivity contribution < 1.29 is 13.9 Å². The van der Waals surface area contributed by atoms with Crippen LogP contribution < -0.4 is 14.8 Å². The highest BCUT2D eigenvalue weighted by Crippen LogP contribution is 2.32. The van der Waals surface area contributed by atoms with Crippen molar-refractivity contribution in [1.29, 1.82) is 0 Å². The summed E-state index contributed by atoms with van der Waals surface area (Å²) in [5.41, 5.74) is 1.48. The molecule has 0 radical (unpaired) electrons. The first kappa shape index (κ1) is 17.0. The van der Waals surface area contributed by atoms with Gasteiger partial charge in [0.1, 0.15) is 12.4 Å². The molecule has 0 aliphatic heterocycles. The number of halogens is 1. The molecule has 2 aromatic rings. The van der Waals surface area contributed by atoms with Crippen molar-refractivity contribution in [3.63, 3.8) is 0 Å². The Labute approximate surface area is 136 Å². The minimum Gasteiger partial charge on any atom is -0.490 e. The number of hydrogen-bond acceptors (Lipinski definition) is 3. The molecule has 2 rings (SSSR count). The maximum absolute atomic E-state index is 13.8. The lowest BCUT2D eigenvalue weighted by Crippen LogP contribution is -2.14. The first-order valence-corrected chi connectivity index (χ1v) is 7.68. The summed E-state index contributed by atoms with van der Waals surface area (Å²) in [4.78, 5) is 0. The predicted octanol–water partition coefficient (Wildman–Crippen LogP) is 4.08. The monoisotopic (exact) mass is 315 g/mol. The number of nitrogens with one attached hydrogen (secondary N) is 1. The molecule has 3 nitrogen and oxygen atoms in total. The van der Waals surface area contributed by atoms with E-state index in [1.807, 2.05) is 25.1 Å². The zero-order valence-electron chi connectivity index (χ0n) is 13.3. The number of benzene rings is 2. The van der Waals surface area contributed by atoms with E-state index in [0.717, 1.165) is 5.56 Å². The maximum Gasteiger partial charge on any atom is 0.166 e. The standard InChI is InChI=1S/C19H22FNO2/c1-3-12-21-13-15-9-7-11-18(22-4-2)19(15)23-14-16-8-5-6-10-17(16)20/h3,5-11,21H,1,4,12-14H2,2H3. The Balaban J connectivity index is 2.19. The van der Waals surface area contributed by atoms with Gasteiger partial charge < -0.3 is 14.8 Å². The summed E-state index contributed by atoms with van der Waals surface area (Å²) in [5, 5.41) is 3.24. The van der Waals surface area contributed by atoms with Gasteiger partial charge in [0.15, 0.2) is 11.5 Å². The van der Waals surface area contributed by atoms with Gasteiger partial charge in [-0.1, -0.05) is 36.4 Å². The SMILES string of the molecule is C=CCNCc1cccc(OCC)c1OCc1ccccc1F. The molecule has 2 aromatic carbocycles. The van der Waals surface area contributed by atoms with E-state index in [1.54, 1.807) is 24.3 Å². The second-order valence-corrected chi connectivity index (χ2v) is 4.98. The molecule has 0 aliphatic rings. The predicted molar refractivity (Wildman–Crippen MR) is 90.2 cm³/mol. The second-order valence-electron chi connectivity index (χ2n) is 4.98. The Hall–Kier alpha value is -2.33. The third kappa shape index (κ3) is 4.83. The molecule has 0 atom stereocenters. The Morgan fingerprint density at radius 1 is 1.09 bits per heavy atom. The van der Waals surface area contributed by atoms with Gasteiger partial charge in [0.2, 0.25) is 0 Å². The molecule has 0 unspecified atom stereocenters. The third-order valence-electron chi connectivity index (χ3n) is 3.29. The summed E-state index contributed by atoms with van der Waals surface area (Å²) in [6, 6.07) is 12.4. The Morgan fingerprint density at radius 2 is 1.87 bits per heavy atom. The summed E-state index contributed by atoms with van der Waals surface area (Å²) in [6.45, 7) is 7.63. The largest absolute Gasteiger partial charge is 0.490 e. The molecule has 0 aliphatic carbocycles. The molecular weight excluding hydrogens is 293 g/mol. The minimum absolute atomic E-state index is 0.158. The molecule has 23 heavy (non-hydrogen) atoms. The van der Waals surface area contributed by atoms with Gasteiger partial charge in [-0.05, 0) is 19.1 Å². The average Bonchev–Trinajstić information content (AvgIpc) is 2.56. The quantitative estimate of drug-likeness (QED) is 0.559. The van der Waals surface area contributed by atoms with Crippen LogP contribution in [-0.2, 0) is 13.2 Å². The Bertz CT molecular complexity index is 643. The van der Waals surface area contributed by atoms with Crippen LogP contribution >= 0.6 is 0 Å². The summed E-state index contributed by atoms with van der Waals surface area (Å²) >= 11 is 0. The van der Waals surface area contributed by atoms with Crippen LogP contribution in [0.4, 0.5) is 4.39 Å². The lowest BCUT2D eigenvalue weighted by atomic mass is 10.1. The lowest BCUT2D eigenvalue weighted by Gasteiger charge is -2.16. The summed E-state index contributed by atoms with van der Waals surface area (Å²) in [6.07, 6.45) is 1.80. The van der Waals surface area contributed by atoms with Gasteiger partial charge in [-0.2, -0.15) is 0 Å². The highest BCUT2D eigenvalue weighted by molar-refractivity contribution is 5.46. The molecule has 0 bridgehead atoms. The van der Waals surface area contributed by atoms with E-state index < -0.39 is 0 Å². The topological polar surface area (TPSA) is 30.5 Å². The minimum atomic E-state index is -0.271. The lowest BCUT2D eigenvalue weighted by molar-refractivity contribution is 0.263. The molecule has 0 spiro atoms. The highest BCUT2D eigenvalue weighted by Gasteiger charge is 2.12. The van der Waals surface area contributed by atoms with Crippen LogP contribution in [0.2, 0.25) is 0 Å². The van der Waals surface area contributed by atoms with Crippen LogP contribution in [0.3, 0.4) is 0 Å². The normalized spacial score (nSPS) is 10.3. The van der Waals surface area contributed by atoms with Crippen LogP contribution in [0.15, 0.2) is 55.1 Å². The van der Waals surface area contributed by atoms with Gasteiger partial charge in [0.05, 0.1) is 6.61 Å². The molecule has 122 valence electrons. The molecule has 1 N–H and O–H groups in total. The van der Waals surface area contributed by atoms with Crippen LogP contribution in [-0.4, -0.2) is 13.2 Å². The highest BCUT2D eigenvalue weighted by atomic mass is 19.1. The van der Waals surface area contributed by atoms with Crippen molar-refractivity contribution in [3.05, 3.63) is 72.1 Å². The van der Waals surface area contributed by atoms with Crippen molar-refractivity contribution in [1.82, 2.24) is 5.32 Å². The van der Waals surface area contributed by atoms with E-state index in [1.165, 1.54) is 6.07 Å². The van der Waals surface area contributed by atoms with Crippen LogP contribution in [0.25, 0.3) is 0 Å². The number of ether oxygens (including phenoxy) is 2. The fourth-order valence-electron chi connectivity index (χ4n) is 2.21. The van der Waals surface area contributed by atoms with Gasteiger partial charge in [-0.3, -0.25) is 0 Å². The van der Waals surface area contributed by atoms with E-state index in [9.17, 15) is 4.39 Å². The average molecular weight is 315 g/mol. The number of para-hydroxylation sites is 1. The van der Waals surface area contributed by atoms with Gasteiger partial charge in [-0.15, -0.1) is 6.58 Å². The number of hydrogen-bond donors (Lipinski definition) is 1. The van der Waals surface area contributed by atoms with E-state index in [4.69, 9.17) is 9.47 Å². The zero-order chi connectivity index (χ0) is 16.5. The van der Waals surface area contributed by atoms with E-state index in [2.05, 4.69) is 11.9 Å². The molecule has 0 aromatic heterocycles. The summed E-state index contributed by atoms with van der Waals surface area (Å²) < 4.78 is 25.3. The zero-order valence-corrected chi connectivity index (χ0v) is 13.3. The molecule has 0 saturated carbocycles. The maximum atomic E-state index is 13.8. The van der Waals surface area contributed by atoms with E-state index >= 15 is 0 Å². The van der Waals surface area contributed by atoms with E-state index in [-0.39, 0.29) is 12.4 Å². The third-order valence-corrected chi connectivity index (χ3v) is 3.29. The first-order valence-electron chi connectivity index (χ1n) is 7.68.